The highest BCUT2D eigenvalue weighted by atomic mass is 16.6. The summed E-state index contributed by atoms with van der Waals surface area (Å²) in [4.78, 5) is 55.8. The molecule has 0 radical (unpaired) electrons. The van der Waals surface area contributed by atoms with E-state index in [0.717, 1.165) is 0 Å². The molecular weight excluding hydrogens is 552 g/mol. The van der Waals surface area contributed by atoms with Gasteiger partial charge in [-0.15, -0.1) is 4.99 Å². The molecular formula is C27H42N6O9. The maximum atomic E-state index is 12.2. The number of carbonyl (C=O) groups is 4. The lowest BCUT2D eigenvalue weighted by atomic mass is 10.2. The Morgan fingerprint density at radius 1 is 0.810 bits per heavy atom. The van der Waals surface area contributed by atoms with Crippen molar-refractivity contribution in [2.24, 2.45) is 4.99 Å². The number of amides is 4. The van der Waals surface area contributed by atoms with Crippen LogP contribution in [0.5, 0.6) is 5.88 Å². The Morgan fingerprint density at radius 2 is 1.38 bits per heavy atom. The zero-order valence-corrected chi connectivity index (χ0v) is 25.6. The normalized spacial score (nSPS) is 12.0. The van der Waals surface area contributed by atoms with Gasteiger partial charge in [-0.1, -0.05) is 0 Å². The van der Waals surface area contributed by atoms with E-state index in [1.54, 1.807) is 74.4 Å². The molecule has 4 N–H and O–H groups in total. The maximum absolute atomic E-state index is 12.2. The van der Waals surface area contributed by atoms with Crippen LogP contribution in [-0.2, 0) is 18.9 Å². The SMILES string of the molecule is CC(C)(C)OC(=O)N=C(NC(=O)OC(C)(C)C)OC(=O)NCCCCOc1ccc(C(=N)NC(=O)OC(C)(C)C)cn1. The monoisotopic (exact) mass is 594 g/mol. The third kappa shape index (κ3) is 17.3. The van der Waals surface area contributed by atoms with Crippen LogP contribution in [0.1, 0.15) is 80.7 Å². The first-order chi connectivity index (χ1) is 19.2. The topological polar surface area (TPSA) is 200 Å². The third-order valence-corrected chi connectivity index (χ3v) is 4.12. The number of aliphatic imine (C=N–C) groups is 1. The van der Waals surface area contributed by atoms with Crippen molar-refractivity contribution in [1.29, 1.82) is 5.41 Å². The van der Waals surface area contributed by atoms with Crippen molar-refractivity contribution in [2.75, 3.05) is 13.2 Å². The summed E-state index contributed by atoms with van der Waals surface area (Å²) in [6, 6.07) is 2.42. The van der Waals surface area contributed by atoms with Crippen LogP contribution in [-0.4, -0.2) is 71.2 Å². The molecule has 1 rings (SSSR count). The Labute approximate surface area is 245 Å². The molecule has 0 aliphatic heterocycles. The molecule has 0 atom stereocenters. The second-order valence-electron chi connectivity index (χ2n) is 11.8. The van der Waals surface area contributed by atoms with Gasteiger partial charge < -0.3 is 29.0 Å². The van der Waals surface area contributed by atoms with E-state index in [4.69, 9.17) is 29.1 Å². The van der Waals surface area contributed by atoms with Crippen LogP contribution in [0.4, 0.5) is 19.2 Å². The van der Waals surface area contributed by atoms with Gasteiger partial charge in [0, 0.05) is 24.4 Å². The van der Waals surface area contributed by atoms with E-state index in [0.29, 0.717) is 24.3 Å². The molecule has 0 bridgehead atoms. The van der Waals surface area contributed by atoms with Gasteiger partial charge in [0.1, 0.15) is 22.6 Å². The molecule has 0 aromatic carbocycles. The molecule has 15 heteroatoms. The molecule has 42 heavy (non-hydrogen) atoms. The number of carbonyl (C=O) groups excluding carboxylic acids is 4. The third-order valence-electron chi connectivity index (χ3n) is 4.12. The molecule has 1 aromatic heterocycles. The molecule has 0 fully saturated rings. The Bertz CT molecular complexity index is 1130. The second kappa shape index (κ2) is 15.5. The van der Waals surface area contributed by atoms with Crippen molar-refractivity contribution in [2.45, 2.75) is 92.0 Å². The molecule has 0 unspecified atom stereocenters. The number of nitrogens with zero attached hydrogens (tertiary/aromatic N) is 2. The Hall–Kier alpha value is -4.43. The van der Waals surface area contributed by atoms with E-state index in [-0.39, 0.29) is 19.0 Å². The van der Waals surface area contributed by atoms with Gasteiger partial charge in [-0.2, -0.15) is 0 Å². The van der Waals surface area contributed by atoms with Crippen LogP contribution in [0.2, 0.25) is 0 Å². The van der Waals surface area contributed by atoms with Gasteiger partial charge in [0.2, 0.25) is 5.88 Å². The number of hydrogen-bond donors (Lipinski definition) is 4. The van der Waals surface area contributed by atoms with Gasteiger partial charge in [-0.25, -0.2) is 29.5 Å². The molecule has 1 heterocycles. The number of unbranched alkanes of at least 4 members (excludes halogenated alkanes) is 1. The molecule has 4 amide bonds. The van der Waals surface area contributed by atoms with Gasteiger partial charge >= 0.3 is 30.4 Å². The minimum Gasteiger partial charge on any atom is -0.478 e. The maximum Gasteiger partial charge on any atom is 0.438 e. The van der Waals surface area contributed by atoms with Crippen LogP contribution in [0.3, 0.4) is 0 Å². The summed E-state index contributed by atoms with van der Waals surface area (Å²) in [5, 5.41) is 14.9. The fourth-order valence-electron chi connectivity index (χ4n) is 2.64. The largest absolute Gasteiger partial charge is 0.478 e. The predicted molar refractivity (Wildman–Crippen MR) is 153 cm³/mol. The van der Waals surface area contributed by atoms with Crippen LogP contribution in [0, 0.1) is 5.41 Å². The highest BCUT2D eigenvalue weighted by Crippen LogP contribution is 2.11. The molecule has 0 saturated carbocycles. The van der Waals surface area contributed by atoms with Gasteiger partial charge in [0.15, 0.2) is 0 Å². The lowest BCUT2D eigenvalue weighted by Crippen LogP contribution is -2.41. The molecule has 234 valence electrons. The van der Waals surface area contributed by atoms with Crippen LogP contribution in [0.15, 0.2) is 23.3 Å². The minimum atomic E-state index is -1.07. The lowest BCUT2D eigenvalue weighted by molar-refractivity contribution is 0.0540. The van der Waals surface area contributed by atoms with Crippen molar-refractivity contribution in [3.8, 4) is 5.88 Å². The second-order valence-corrected chi connectivity index (χ2v) is 11.8. The summed E-state index contributed by atoms with van der Waals surface area (Å²) in [6.07, 6.45) is -1.34. The standard InChI is InChI=1S/C27H42N6O9/c1-25(2,3)40-22(35)31-19(28)17-12-13-18(30-16-17)38-15-11-10-14-29-21(34)39-20(32-23(36)41-26(4,5)6)33-24(37)42-27(7,8)9/h12-13,16H,10-11,14-15H2,1-9H3,(H,29,34)(H2,28,31,35)(H,32,33,36,37). The molecule has 0 aliphatic carbocycles. The van der Waals surface area contributed by atoms with Crippen molar-refractivity contribution < 1.29 is 42.9 Å². The average Bonchev–Trinajstić information content (AvgIpc) is 2.77. The summed E-state index contributed by atoms with van der Waals surface area (Å²) in [7, 11) is 0. The number of ether oxygens (including phenoxy) is 5. The lowest BCUT2D eigenvalue weighted by Gasteiger charge is -2.20. The van der Waals surface area contributed by atoms with Crippen LogP contribution < -0.4 is 20.7 Å². The Morgan fingerprint density at radius 3 is 1.90 bits per heavy atom. The molecule has 15 nitrogen and oxygen atoms in total. The quantitative estimate of drug-likeness (QED) is 0.149. The summed E-state index contributed by atoms with van der Waals surface area (Å²) in [5.41, 5.74) is -2.02. The molecule has 0 saturated heterocycles. The summed E-state index contributed by atoms with van der Waals surface area (Å²) >= 11 is 0. The number of pyridine rings is 1. The number of alkyl carbamates (subject to hydrolysis) is 3. The first-order valence-corrected chi connectivity index (χ1v) is 13.2. The minimum absolute atomic E-state index is 0.165. The van der Waals surface area contributed by atoms with Crippen LogP contribution >= 0.6 is 0 Å². The van der Waals surface area contributed by atoms with Crippen LogP contribution in [0.25, 0.3) is 0 Å². The zero-order chi connectivity index (χ0) is 32.1. The number of rotatable bonds is 7. The first kappa shape index (κ1) is 35.6. The number of nitrogens with one attached hydrogen (secondary N) is 4. The molecule has 0 aliphatic rings. The molecule has 1 aromatic rings. The Balaban J connectivity index is 2.50. The smallest absolute Gasteiger partial charge is 0.438 e. The summed E-state index contributed by atoms with van der Waals surface area (Å²) in [6.45, 7) is 15.4. The fraction of sp³-hybridized carbons (Fsp3) is 0.593. The van der Waals surface area contributed by atoms with Crippen molar-refractivity contribution >= 4 is 36.2 Å². The zero-order valence-electron chi connectivity index (χ0n) is 25.6. The van der Waals surface area contributed by atoms with E-state index >= 15 is 0 Å². The van der Waals surface area contributed by atoms with E-state index in [1.165, 1.54) is 6.20 Å². The predicted octanol–water partition coefficient (Wildman–Crippen LogP) is 4.63. The van der Waals surface area contributed by atoms with Gasteiger partial charge in [-0.3, -0.25) is 10.7 Å². The Kier molecular flexibility index (Phi) is 13.2. The van der Waals surface area contributed by atoms with Crippen molar-refractivity contribution in [1.82, 2.24) is 20.9 Å². The van der Waals surface area contributed by atoms with E-state index in [2.05, 4.69) is 25.9 Å². The first-order valence-electron chi connectivity index (χ1n) is 13.2. The summed E-state index contributed by atoms with van der Waals surface area (Å²) in [5.74, 6) is 0.147. The summed E-state index contributed by atoms with van der Waals surface area (Å²) < 4.78 is 25.8. The van der Waals surface area contributed by atoms with E-state index in [9.17, 15) is 19.2 Å². The number of amidine groups is 2. The highest BCUT2D eigenvalue weighted by Gasteiger charge is 2.22. The number of aromatic nitrogens is 1. The average molecular weight is 595 g/mol. The highest BCUT2D eigenvalue weighted by molar-refractivity contribution is 6.04. The fourth-order valence-corrected chi connectivity index (χ4v) is 2.64. The number of hydrogen-bond acceptors (Lipinski definition) is 11. The van der Waals surface area contributed by atoms with Gasteiger partial charge in [0.25, 0.3) is 0 Å². The van der Waals surface area contributed by atoms with Gasteiger partial charge in [0.05, 0.1) is 6.61 Å². The van der Waals surface area contributed by atoms with E-state index < -0.39 is 47.2 Å². The van der Waals surface area contributed by atoms with E-state index in [1.807, 2.05) is 0 Å². The van der Waals surface area contributed by atoms with Gasteiger partial charge in [-0.05, 0) is 81.2 Å². The van der Waals surface area contributed by atoms with Crippen molar-refractivity contribution in [3.05, 3.63) is 23.9 Å². The van der Waals surface area contributed by atoms with Crippen molar-refractivity contribution in [3.63, 3.8) is 0 Å². The molecule has 0 spiro atoms.